The second-order valence-corrected chi connectivity index (χ2v) is 9.54. The average molecular weight is 461 g/mol. The zero-order valence-corrected chi connectivity index (χ0v) is 17.7. The lowest BCUT2D eigenvalue weighted by atomic mass is 10.1. The van der Waals surface area contributed by atoms with E-state index in [1.54, 1.807) is 12.1 Å². The van der Waals surface area contributed by atoms with E-state index in [4.69, 9.17) is 23.2 Å². The molecule has 1 aromatic rings. The fourth-order valence-electron chi connectivity index (χ4n) is 3.06. The lowest BCUT2D eigenvalue weighted by Gasteiger charge is -2.35. The molecule has 1 unspecified atom stereocenters. The summed E-state index contributed by atoms with van der Waals surface area (Å²) in [5.41, 5.74) is 0.588. The number of rotatable bonds is 3. The van der Waals surface area contributed by atoms with Crippen LogP contribution < -0.4 is 5.32 Å². The van der Waals surface area contributed by atoms with Gasteiger partial charge in [0, 0.05) is 30.2 Å². The summed E-state index contributed by atoms with van der Waals surface area (Å²) in [5, 5.41) is 3.27. The van der Waals surface area contributed by atoms with Crippen molar-refractivity contribution in [3.05, 3.63) is 33.8 Å². The number of amides is 2. The zero-order valence-electron chi connectivity index (χ0n) is 15.4. The molecule has 0 bridgehead atoms. The Bertz CT molecular complexity index is 991. The summed E-state index contributed by atoms with van der Waals surface area (Å²) in [5.74, 6) is -3.16. The largest absolute Gasteiger partial charge is 0.350 e. The molecule has 2 heterocycles. The van der Waals surface area contributed by atoms with E-state index in [0.717, 1.165) is 9.21 Å². The molecule has 29 heavy (non-hydrogen) atoms. The van der Waals surface area contributed by atoms with Crippen molar-refractivity contribution < 1.29 is 22.8 Å². The van der Waals surface area contributed by atoms with Crippen LogP contribution in [0.3, 0.4) is 0 Å². The molecule has 0 saturated carbocycles. The van der Waals surface area contributed by atoms with Gasteiger partial charge in [0.15, 0.2) is 6.04 Å². The van der Waals surface area contributed by atoms with Crippen molar-refractivity contribution in [2.45, 2.75) is 25.4 Å². The van der Waals surface area contributed by atoms with Crippen LogP contribution in [0.1, 0.15) is 18.4 Å². The minimum Gasteiger partial charge on any atom is -0.350 e. The summed E-state index contributed by atoms with van der Waals surface area (Å²) in [6, 6.07) is 3.04. The molecule has 1 N–H and O–H groups in total. The Morgan fingerprint density at radius 2 is 1.86 bits per heavy atom. The Labute approximate surface area is 177 Å². The van der Waals surface area contributed by atoms with Crippen LogP contribution in [-0.2, 0) is 31.0 Å². The number of hydrogen-bond acceptors (Lipinski definition) is 6. The van der Waals surface area contributed by atoms with Gasteiger partial charge in [-0.05, 0) is 36.6 Å². The van der Waals surface area contributed by atoms with E-state index >= 15 is 0 Å². The number of halogens is 2. The Hall–Kier alpha value is -2.17. The number of nitrogens with one attached hydrogen (secondary N) is 1. The summed E-state index contributed by atoms with van der Waals surface area (Å²) >= 11 is 11.8. The summed E-state index contributed by atoms with van der Waals surface area (Å²) in [6.07, 6.45) is 1.08. The van der Waals surface area contributed by atoms with Gasteiger partial charge in [-0.3, -0.25) is 19.3 Å². The van der Waals surface area contributed by atoms with Crippen molar-refractivity contribution in [1.29, 1.82) is 0 Å². The Morgan fingerprint density at radius 1 is 1.21 bits per heavy atom. The number of likely N-dealkylation sites (N-methyl/N-ethyl adjacent to an activating group) is 1. The van der Waals surface area contributed by atoms with Crippen LogP contribution in [0.4, 0.5) is 0 Å². The summed E-state index contributed by atoms with van der Waals surface area (Å²) < 4.78 is 25.7. The number of hydrogen-bond donors (Lipinski definition) is 1. The topological polar surface area (TPSA) is 116 Å². The maximum Gasteiger partial charge on any atom is 0.299 e. The van der Waals surface area contributed by atoms with E-state index in [1.165, 1.54) is 13.1 Å². The molecule has 3 rings (SSSR count). The van der Waals surface area contributed by atoms with Gasteiger partial charge in [0.05, 0.1) is 5.75 Å². The lowest BCUT2D eigenvalue weighted by molar-refractivity contribution is -0.145. The highest BCUT2D eigenvalue weighted by atomic mass is 35.5. The van der Waals surface area contributed by atoms with Crippen LogP contribution in [0.15, 0.2) is 23.2 Å². The van der Waals surface area contributed by atoms with Gasteiger partial charge in [-0.2, -0.15) is 0 Å². The van der Waals surface area contributed by atoms with Gasteiger partial charge in [0.25, 0.3) is 17.6 Å². The molecular weight excluding hydrogens is 443 g/mol. The maximum atomic E-state index is 12.5. The molecule has 1 saturated heterocycles. The van der Waals surface area contributed by atoms with Crippen LogP contribution in [0.5, 0.6) is 0 Å². The summed E-state index contributed by atoms with van der Waals surface area (Å²) in [6.45, 7) is 0.127. The van der Waals surface area contributed by atoms with E-state index in [2.05, 4.69) is 10.3 Å². The highest BCUT2D eigenvalue weighted by Crippen LogP contribution is 2.21. The van der Waals surface area contributed by atoms with E-state index in [1.807, 2.05) is 0 Å². The lowest BCUT2D eigenvalue weighted by Crippen LogP contribution is -2.58. The van der Waals surface area contributed by atoms with Crippen LogP contribution >= 0.6 is 23.2 Å². The van der Waals surface area contributed by atoms with Crippen molar-refractivity contribution in [3.63, 3.8) is 0 Å². The fraction of sp³-hybridized carbons (Fsp3) is 0.412. The molecule has 12 heteroatoms. The quantitative estimate of drug-likeness (QED) is 0.528. The first-order valence-corrected chi connectivity index (χ1v) is 11.1. The molecule has 2 amide bonds. The second-order valence-electron chi connectivity index (χ2n) is 6.65. The molecule has 1 aromatic carbocycles. The van der Waals surface area contributed by atoms with Crippen molar-refractivity contribution in [2.24, 2.45) is 4.99 Å². The van der Waals surface area contributed by atoms with Crippen molar-refractivity contribution in [1.82, 2.24) is 14.5 Å². The van der Waals surface area contributed by atoms with Gasteiger partial charge in [0.2, 0.25) is 16.0 Å². The number of ketones is 1. The molecule has 0 spiro atoms. The molecule has 9 nitrogen and oxygen atoms in total. The average Bonchev–Trinajstić information content (AvgIpc) is 2.64. The van der Waals surface area contributed by atoms with Gasteiger partial charge in [-0.25, -0.2) is 17.7 Å². The molecule has 1 fully saturated rings. The van der Waals surface area contributed by atoms with Gasteiger partial charge in [0.1, 0.15) is 0 Å². The van der Waals surface area contributed by atoms with Crippen LogP contribution in [0.2, 0.25) is 10.0 Å². The highest BCUT2D eigenvalue weighted by Gasteiger charge is 2.43. The number of benzene rings is 1. The van der Waals surface area contributed by atoms with Gasteiger partial charge in [-0.1, -0.05) is 23.2 Å². The van der Waals surface area contributed by atoms with Gasteiger partial charge >= 0.3 is 0 Å². The molecule has 2 aliphatic rings. The number of aliphatic imine (C=N–C) groups is 1. The third-order valence-corrected chi connectivity index (χ3v) is 6.78. The van der Waals surface area contributed by atoms with E-state index in [0.29, 0.717) is 28.5 Å². The van der Waals surface area contributed by atoms with E-state index in [-0.39, 0.29) is 24.8 Å². The minimum atomic E-state index is -3.67. The van der Waals surface area contributed by atoms with Gasteiger partial charge < -0.3 is 5.32 Å². The third-order valence-electron chi connectivity index (χ3n) is 4.52. The molecule has 2 aliphatic heterocycles. The van der Waals surface area contributed by atoms with Crippen LogP contribution in [0, 0.1) is 0 Å². The van der Waals surface area contributed by atoms with Crippen molar-refractivity contribution in [3.8, 4) is 0 Å². The smallest absolute Gasteiger partial charge is 0.299 e. The Morgan fingerprint density at radius 3 is 2.48 bits per heavy atom. The zero-order chi connectivity index (χ0) is 21.3. The predicted octanol–water partition coefficient (Wildman–Crippen LogP) is 0.801. The number of Topliss-reactive ketones (excluding diaryl/α,β-unsaturated/α-hetero) is 1. The van der Waals surface area contributed by atoms with Crippen molar-refractivity contribution >= 4 is 56.8 Å². The summed E-state index contributed by atoms with van der Waals surface area (Å²) in [4.78, 5) is 42.1. The Kier molecular flexibility index (Phi) is 6.16. The number of nitrogens with zero attached hydrogens (tertiary/aromatic N) is 3. The second kappa shape index (κ2) is 8.29. The first kappa shape index (κ1) is 21.5. The monoisotopic (exact) mass is 460 g/mol. The third kappa shape index (κ3) is 4.54. The highest BCUT2D eigenvalue weighted by molar-refractivity contribution is 7.89. The first-order valence-electron chi connectivity index (χ1n) is 8.73. The predicted molar refractivity (Wildman–Crippen MR) is 107 cm³/mol. The molecular formula is C17H18Cl2N4O5S. The van der Waals surface area contributed by atoms with Crippen molar-refractivity contribution in [2.75, 3.05) is 19.3 Å². The Balaban J connectivity index is 1.84. The van der Waals surface area contributed by atoms with Crippen LogP contribution in [0.25, 0.3) is 0 Å². The molecule has 0 aromatic heterocycles. The first-order chi connectivity index (χ1) is 13.6. The normalized spacial score (nSPS) is 21.8. The number of carbonyl (C=O) groups is 3. The van der Waals surface area contributed by atoms with Crippen LogP contribution in [-0.4, -0.2) is 66.6 Å². The minimum absolute atomic E-state index is 0.000209. The molecule has 0 radical (unpaired) electrons. The van der Waals surface area contributed by atoms with E-state index in [9.17, 15) is 22.8 Å². The molecule has 156 valence electrons. The number of sulfonamides is 1. The number of guanidine groups is 1. The fourth-order valence-corrected chi connectivity index (χ4v) is 5.24. The maximum absolute atomic E-state index is 12.5. The summed E-state index contributed by atoms with van der Waals surface area (Å²) in [7, 11) is -2.42. The van der Waals surface area contributed by atoms with E-state index < -0.39 is 33.7 Å². The van der Waals surface area contributed by atoms with Gasteiger partial charge in [-0.15, -0.1) is 0 Å². The SMILES string of the molecule is CN1C(=O)C(=O)C(C(=O)NCc2cc(Cl)cc(Cl)c2)N=C1N1CCCCS1(=O)=O. The standard InChI is InChI=1S/C17H18Cl2N4O5S/c1-22-16(26)14(24)13(21-17(22)23-4-2-3-5-29(23,27)28)15(25)20-9-10-6-11(18)8-12(19)7-10/h6-8,13H,2-5,9H2,1H3,(H,20,25). The molecule has 1 atom stereocenters. The molecule has 0 aliphatic carbocycles. The number of carbonyl (C=O) groups excluding carboxylic acids is 3.